The molecule has 0 aromatic heterocycles. The molecule has 22 heavy (non-hydrogen) atoms. The van der Waals surface area contributed by atoms with Crippen molar-refractivity contribution in [3.63, 3.8) is 0 Å². The maximum absolute atomic E-state index is 12.6. The number of hydrogen-bond donors (Lipinski definition) is 0. The Balaban J connectivity index is 1.68. The van der Waals surface area contributed by atoms with Gasteiger partial charge in [0.2, 0.25) is 0 Å². The quantitative estimate of drug-likeness (QED) is 0.784. The van der Waals surface area contributed by atoms with Crippen molar-refractivity contribution in [1.29, 1.82) is 0 Å². The van der Waals surface area contributed by atoms with Gasteiger partial charge in [0.15, 0.2) is 12.1 Å². The van der Waals surface area contributed by atoms with Gasteiger partial charge in [0, 0.05) is 17.1 Å². The number of rotatable bonds is 5. The number of Topliss-reactive ketones (excluding diaryl/α,β-unsaturated/α-hetero) is 1. The summed E-state index contributed by atoms with van der Waals surface area (Å²) in [5.74, 6) is 0.937. The smallest absolute Gasteiger partial charge is 0.189 e. The van der Waals surface area contributed by atoms with Gasteiger partial charge in [0.25, 0.3) is 0 Å². The molecule has 1 aliphatic heterocycles. The monoisotopic (exact) mass is 300 g/mol. The highest BCUT2D eigenvalue weighted by Gasteiger charge is 2.28. The molecule has 1 atom stereocenters. The molecule has 0 amide bonds. The van der Waals surface area contributed by atoms with Crippen molar-refractivity contribution in [2.24, 2.45) is 5.92 Å². The van der Waals surface area contributed by atoms with Gasteiger partial charge < -0.3 is 14.2 Å². The van der Waals surface area contributed by atoms with Crippen LogP contribution < -0.4 is 4.74 Å². The van der Waals surface area contributed by atoms with Crippen molar-refractivity contribution in [2.75, 3.05) is 19.8 Å². The largest absolute Gasteiger partial charge is 0.494 e. The first kappa shape index (κ1) is 15.0. The predicted molar refractivity (Wildman–Crippen MR) is 83.0 cm³/mol. The molecule has 1 fully saturated rings. The normalized spacial score (nSPS) is 21.7. The maximum atomic E-state index is 12.6. The van der Waals surface area contributed by atoms with Crippen molar-refractivity contribution < 1.29 is 19.0 Å². The van der Waals surface area contributed by atoms with Gasteiger partial charge in [-0.05, 0) is 37.6 Å². The van der Waals surface area contributed by atoms with E-state index in [9.17, 15) is 4.79 Å². The van der Waals surface area contributed by atoms with Crippen LogP contribution in [0.15, 0.2) is 48.1 Å². The third-order valence-corrected chi connectivity index (χ3v) is 3.83. The Hall–Kier alpha value is -1.91. The molecule has 2 aliphatic rings. The Kier molecular flexibility index (Phi) is 4.71. The Morgan fingerprint density at radius 2 is 1.95 bits per heavy atom. The minimum atomic E-state index is -0.229. The summed E-state index contributed by atoms with van der Waals surface area (Å²) in [4.78, 5) is 12.6. The van der Waals surface area contributed by atoms with Crippen molar-refractivity contribution in [3.8, 4) is 5.75 Å². The van der Waals surface area contributed by atoms with Crippen LogP contribution in [-0.2, 0) is 9.47 Å². The average molecular weight is 300 g/mol. The Labute approximate surface area is 130 Å². The number of carbonyl (C=O) groups excluding carboxylic acids is 1. The van der Waals surface area contributed by atoms with Gasteiger partial charge in [-0.2, -0.15) is 0 Å². The third-order valence-electron chi connectivity index (χ3n) is 3.83. The van der Waals surface area contributed by atoms with Crippen LogP contribution in [0.5, 0.6) is 5.75 Å². The van der Waals surface area contributed by atoms with Gasteiger partial charge in [0.1, 0.15) is 5.75 Å². The highest BCUT2D eigenvalue weighted by molar-refractivity contribution is 6.09. The molecule has 4 nitrogen and oxygen atoms in total. The number of allylic oxidation sites excluding steroid dienone is 3. The van der Waals surface area contributed by atoms with E-state index >= 15 is 0 Å². The van der Waals surface area contributed by atoms with Crippen LogP contribution in [0.25, 0.3) is 0 Å². The molecule has 1 heterocycles. The summed E-state index contributed by atoms with van der Waals surface area (Å²) in [6, 6.07) is 7.28. The third kappa shape index (κ3) is 3.29. The number of ketones is 1. The van der Waals surface area contributed by atoms with Gasteiger partial charge in [-0.15, -0.1) is 0 Å². The summed E-state index contributed by atoms with van der Waals surface area (Å²) in [6.07, 6.45) is 6.26. The average Bonchev–Trinajstić information content (AvgIpc) is 3.10. The summed E-state index contributed by atoms with van der Waals surface area (Å²) in [5, 5.41) is 0. The van der Waals surface area contributed by atoms with E-state index < -0.39 is 0 Å². The molecular formula is C18H20O4. The molecule has 1 aliphatic carbocycles. The number of benzene rings is 1. The van der Waals surface area contributed by atoms with Crippen molar-refractivity contribution >= 4 is 5.78 Å². The minimum absolute atomic E-state index is 0.0513. The van der Waals surface area contributed by atoms with Crippen LogP contribution >= 0.6 is 0 Å². The summed E-state index contributed by atoms with van der Waals surface area (Å²) in [5.41, 5.74) is 1.47. The fourth-order valence-electron chi connectivity index (χ4n) is 2.74. The minimum Gasteiger partial charge on any atom is -0.494 e. The SMILES string of the molecule is CCOc1ccc(C(=O)C2=CC=CC(C3OCCO3)C2)cc1. The van der Waals surface area contributed by atoms with Crippen LogP contribution in [0.1, 0.15) is 23.7 Å². The first-order valence-electron chi connectivity index (χ1n) is 7.66. The molecular weight excluding hydrogens is 280 g/mol. The molecule has 0 saturated carbocycles. The first-order valence-corrected chi connectivity index (χ1v) is 7.66. The van der Waals surface area contributed by atoms with Crippen molar-refractivity contribution in [2.45, 2.75) is 19.6 Å². The molecule has 3 rings (SSSR count). The van der Waals surface area contributed by atoms with E-state index in [1.807, 2.05) is 49.4 Å². The number of hydrogen-bond acceptors (Lipinski definition) is 4. The Bertz CT molecular complexity index is 580. The molecule has 1 unspecified atom stereocenters. The number of ether oxygens (including phenoxy) is 3. The lowest BCUT2D eigenvalue weighted by molar-refractivity contribution is -0.0701. The molecule has 0 bridgehead atoms. The molecule has 116 valence electrons. The second-order valence-corrected chi connectivity index (χ2v) is 5.34. The molecule has 1 aromatic carbocycles. The summed E-state index contributed by atoms with van der Waals surface area (Å²) in [7, 11) is 0. The lowest BCUT2D eigenvalue weighted by Crippen LogP contribution is -2.23. The molecule has 0 N–H and O–H groups in total. The van der Waals surface area contributed by atoms with Gasteiger partial charge in [-0.3, -0.25) is 4.79 Å². The molecule has 4 heteroatoms. The zero-order chi connectivity index (χ0) is 15.4. The Morgan fingerprint density at radius 3 is 2.64 bits per heavy atom. The second-order valence-electron chi connectivity index (χ2n) is 5.34. The fourth-order valence-corrected chi connectivity index (χ4v) is 2.74. The second kappa shape index (κ2) is 6.90. The van der Waals surface area contributed by atoms with Crippen LogP contribution in [0.3, 0.4) is 0 Å². The van der Waals surface area contributed by atoms with Crippen LogP contribution in [0.2, 0.25) is 0 Å². The van der Waals surface area contributed by atoms with E-state index in [0.717, 1.165) is 11.3 Å². The lowest BCUT2D eigenvalue weighted by Gasteiger charge is -2.22. The maximum Gasteiger partial charge on any atom is 0.189 e. The van der Waals surface area contributed by atoms with E-state index in [0.29, 0.717) is 31.8 Å². The predicted octanol–water partition coefficient (Wildman–Crippen LogP) is 3.14. The number of carbonyl (C=O) groups is 1. The van der Waals surface area contributed by atoms with Gasteiger partial charge in [0.05, 0.1) is 19.8 Å². The van der Waals surface area contributed by atoms with Crippen molar-refractivity contribution in [3.05, 3.63) is 53.6 Å². The molecule has 0 spiro atoms. The Morgan fingerprint density at radius 1 is 1.23 bits per heavy atom. The fraction of sp³-hybridized carbons (Fsp3) is 0.389. The molecule has 0 radical (unpaired) electrons. The van der Waals surface area contributed by atoms with Gasteiger partial charge in [-0.25, -0.2) is 0 Å². The highest BCUT2D eigenvalue weighted by Crippen LogP contribution is 2.28. The lowest BCUT2D eigenvalue weighted by atomic mass is 9.89. The highest BCUT2D eigenvalue weighted by atomic mass is 16.7. The first-order chi connectivity index (χ1) is 10.8. The van der Waals surface area contributed by atoms with E-state index in [1.54, 1.807) is 0 Å². The summed E-state index contributed by atoms with van der Waals surface area (Å²) in [6.45, 7) is 3.81. The zero-order valence-electron chi connectivity index (χ0n) is 12.7. The van der Waals surface area contributed by atoms with E-state index in [4.69, 9.17) is 14.2 Å². The van der Waals surface area contributed by atoms with Gasteiger partial charge in [-0.1, -0.05) is 18.2 Å². The van der Waals surface area contributed by atoms with E-state index in [-0.39, 0.29) is 18.0 Å². The molecule has 1 aromatic rings. The summed E-state index contributed by atoms with van der Waals surface area (Å²) < 4.78 is 16.5. The van der Waals surface area contributed by atoms with Crippen LogP contribution in [0, 0.1) is 5.92 Å². The van der Waals surface area contributed by atoms with E-state index in [1.165, 1.54) is 0 Å². The van der Waals surface area contributed by atoms with Crippen LogP contribution in [-0.4, -0.2) is 31.9 Å². The van der Waals surface area contributed by atoms with Crippen molar-refractivity contribution in [1.82, 2.24) is 0 Å². The summed E-state index contributed by atoms with van der Waals surface area (Å²) >= 11 is 0. The van der Waals surface area contributed by atoms with Crippen LogP contribution in [0.4, 0.5) is 0 Å². The van der Waals surface area contributed by atoms with Gasteiger partial charge >= 0.3 is 0 Å². The zero-order valence-corrected chi connectivity index (χ0v) is 12.7. The standard InChI is InChI=1S/C18H20O4/c1-2-20-16-8-6-13(7-9-16)17(19)14-4-3-5-15(12-14)18-21-10-11-22-18/h3-9,15,18H,2,10-12H2,1H3. The topological polar surface area (TPSA) is 44.8 Å². The van der Waals surface area contributed by atoms with E-state index in [2.05, 4.69) is 0 Å². The molecule has 1 saturated heterocycles.